The molecule has 3 nitrogen and oxygen atoms in total. The molecular weight excluding hydrogens is 250 g/mol. The first-order valence-electron chi connectivity index (χ1n) is 6.94. The number of furan rings is 1. The van der Waals surface area contributed by atoms with Gasteiger partial charge in [0.05, 0.1) is 12.8 Å². The third-order valence-corrected chi connectivity index (χ3v) is 3.25. The summed E-state index contributed by atoms with van der Waals surface area (Å²) in [5.74, 6) is 1.87. The van der Waals surface area contributed by atoms with Crippen LogP contribution in [0.4, 0.5) is 0 Å². The van der Waals surface area contributed by atoms with Crippen LogP contribution in [0.1, 0.15) is 37.7 Å². The number of hydrogen-bond acceptors (Lipinski definition) is 3. The summed E-state index contributed by atoms with van der Waals surface area (Å²) in [7, 11) is 1.90. The van der Waals surface area contributed by atoms with Crippen LogP contribution in [-0.4, -0.2) is 7.05 Å². The van der Waals surface area contributed by atoms with E-state index in [1.807, 2.05) is 25.2 Å². The molecule has 0 aliphatic rings. The minimum absolute atomic E-state index is 0.0702. The van der Waals surface area contributed by atoms with Gasteiger partial charge in [0.15, 0.2) is 0 Å². The minimum Gasteiger partial charge on any atom is -0.488 e. The number of rotatable bonds is 5. The van der Waals surface area contributed by atoms with Gasteiger partial charge in [-0.25, -0.2) is 0 Å². The van der Waals surface area contributed by atoms with E-state index in [1.165, 1.54) is 5.56 Å². The summed E-state index contributed by atoms with van der Waals surface area (Å²) >= 11 is 0. The van der Waals surface area contributed by atoms with Crippen molar-refractivity contribution in [2.45, 2.75) is 39.3 Å². The van der Waals surface area contributed by atoms with Gasteiger partial charge >= 0.3 is 0 Å². The fraction of sp³-hybridized carbons (Fsp3) is 0.412. The lowest BCUT2D eigenvalue weighted by molar-refractivity contribution is 0.293. The first kappa shape index (κ1) is 14.7. The van der Waals surface area contributed by atoms with Crippen molar-refractivity contribution in [1.29, 1.82) is 0 Å². The van der Waals surface area contributed by atoms with E-state index in [4.69, 9.17) is 9.15 Å². The van der Waals surface area contributed by atoms with Gasteiger partial charge in [-0.1, -0.05) is 39.0 Å². The molecule has 0 saturated carbocycles. The lowest BCUT2D eigenvalue weighted by atomic mass is 9.86. The Hall–Kier alpha value is -1.74. The molecular formula is C17H23NO2. The SMILES string of the molecule is CNCc1occc1COc1ccccc1C(C)(C)C. The molecule has 0 radical (unpaired) electrons. The predicted molar refractivity (Wildman–Crippen MR) is 80.9 cm³/mol. The molecule has 0 spiro atoms. The van der Waals surface area contributed by atoms with E-state index in [9.17, 15) is 0 Å². The van der Waals surface area contributed by atoms with E-state index >= 15 is 0 Å². The van der Waals surface area contributed by atoms with Crippen molar-refractivity contribution in [2.24, 2.45) is 0 Å². The van der Waals surface area contributed by atoms with Crippen molar-refractivity contribution >= 4 is 0 Å². The molecule has 0 bridgehead atoms. The highest BCUT2D eigenvalue weighted by Crippen LogP contribution is 2.31. The second-order valence-corrected chi connectivity index (χ2v) is 5.93. The zero-order valence-electron chi connectivity index (χ0n) is 12.7. The monoisotopic (exact) mass is 273 g/mol. The smallest absolute Gasteiger partial charge is 0.124 e. The Morgan fingerprint density at radius 3 is 2.60 bits per heavy atom. The maximum atomic E-state index is 6.01. The van der Waals surface area contributed by atoms with Gasteiger partial charge in [-0.05, 0) is 30.2 Å². The van der Waals surface area contributed by atoms with Gasteiger partial charge < -0.3 is 14.5 Å². The Labute approximate surface area is 121 Å². The van der Waals surface area contributed by atoms with Crippen LogP contribution in [0.2, 0.25) is 0 Å². The number of benzene rings is 1. The maximum absolute atomic E-state index is 6.01. The Bertz CT molecular complexity index is 552. The first-order chi connectivity index (χ1) is 9.52. The molecule has 0 unspecified atom stereocenters. The molecule has 20 heavy (non-hydrogen) atoms. The second kappa shape index (κ2) is 6.14. The zero-order valence-corrected chi connectivity index (χ0v) is 12.7. The van der Waals surface area contributed by atoms with Crippen molar-refractivity contribution in [3.8, 4) is 5.75 Å². The molecule has 2 rings (SSSR count). The Kier molecular flexibility index (Phi) is 4.50. The van der Waals surface area contributed by atoms with Crippen LogP contribution < -0.4 is 10.1 Å². The summed E-state index contributed by atoms with van der Waals surface area (Å²) < 4.78 is 11.5. The molecule has 0 atom stereocenters. The fourth-order valence-corrected chi connectivity index (χ4v) is 2.18. The highest BCUT2D eigenvalue weighted by atomic mass is 16.5. The van der Waals surface area contributed by atoms with Gasteiger partial charge in [0.1, 0.15) is 18.1 Å². The van der Waals surface area contributed by atoms with E-state index in [0.717, 1.165) is 17.1 Å². The standard InChI is InChI=1S/C17H23NO2/c1-17(2,3)14-7-5-6-8-15(14)20-12-13-9-10-19-16(13)11-18-4/h5-10,18H,11-12H2,1-4H3. The molecule has 0 fully saturated rings. The van der Waals surface area contributed by atoms with E-state index in [1.54, 1.807) is 6.26 Å². The van der Waals surface area contributed by atoms with Crippen molar-refractivity contribution < 1.29 is 9.15 Å². The highest BCUT2D eigenvalue weighted by Gasteiger charge is 2.18. The summed E-state index contributed by atoms with van der Waals surface area (Å²) in [6, 6.07) is 10.2. The summed E-state index contributed by atoms with van der Waals surface area (Å²) in [5, 5.41) is 3.10. The van der Waals surface area contributed by atoms with Crippen molar-refractivity contribution in [2.75, 3.05) is 7.05 Å². The fourth-order valence-electron chi connectivity index (χ4n) is 2.18. The van der Waals surface area contributed by atoms with Crippen molar-refractivity contribution in [3.05, 3.63) is 53.5 Å². The summed E-state index contributed by atoms with van der Waals surface area (Å²) in [6.45, 7) is 7.83. The van der Waals surface area contributed by atoms with E-state index in [0.29, 0.717) is 13.2 Å². The summed E-state index contributed by atoms with van der Waals surface area (Å²) in [4.78, 5) is 0. The van der Waals surface area contributed by atoms with Gasteiger partial charge in [-0.2, -0.15) is 0 Å². The maximum Gasteiger partial charge on any atom is 0.124 e. The van der Waals surface area contributed by atoms with Gasteiger partial charge in [0.25, 0.3) is 0 Å². The molecule has 0 amide bonds. The van der Waals surface area contributed by atoms with Crippen LogP contribution >= 0.6 is 0 Å². The zero-order chi connectivity index (χ0) is 14.6. The van der Waals surface area contributed by atoms with Crippen LogP contribution in [0.25, 0.3) is 0 Å². The van der Waals surface area contributed by atoms with Crippen molar-refractivity contribution in [1.82, 2.24) is 5.32 Å². The largest absolute Gasteiger partial charge is 0.488 e. The molecule has 108 valence electrons. The number of para-hydroxylation sites is 1. The summed E-state index contributed by atoms with van der Waals surface area (Å²) in [6.07, 6.45) is 1.71. The van der Waals surface area contributed by atoms with Gasteiger partial charge in [-0.3, -0.25) is 0 Å². The molecule has 0 aliphatic carbocycles. The quantitative estimate of drug-likeness (QED) is 0.898. The number of hydrogen-bond donors (Lipinski definition) is 1. The summed E-state index contributed by atoms with van der Waals surface area (Å²) in [5.41, 5.74) is 2.38. The molecule has 1 aromatic carbocycles. The van der Waals surface area contributed by atoms with Crippen molar-refractivity contribution in [3.63, 3.8) is 0 Å². The third kappa shape index (κ3) is 3.42. The minimum atomic E-state index is 0.0702. The third-order valence-electron chi connectivity index (χ3n) is 3.25. The Morgan fingerprint density at radius 2 is 1.90 bits per heavy atom. The Morgan fingerprint density at radius 1 is 1.15 bits per heavy atom. The van der Waals surface area contributed by atoms with Crippen LogP contribution in [0.5, 0.6) is 5.75 Å². The first-order valence-corrected chi connectivity index (χ1v) is 6.94. The average Bonchev–Trinajstić information content (AvgIpc) is 2.83. The molecule has 0 aliphatic heterocycles. The molecule has 2 aromatic rings. The van der Waals surface area contributed by atoms with Crippen LogP contribution in [0, 0.1) is 0 Å². The lowest BCUT2D eigenvalue weighted by Crippen LogP contribution is -2.13. The van der Waals surface area contributed by atoms with E-state index in [-0.39, 0.29) is 5.41 Å². The molecule has 1 heterocycles. The predicted octanol–water partition coefficient (Wildman–Crippen LogP) is 3.88. The Balaban J connectivity index is 2.13. The second-order valence-electron chi connectivity index (χ2n) is 5.93. The van der Waals surface area contributed by atoms with E-state index in [2.05, 4.69) is 38.2 Å². The van der Waals surface area contributed by atoms with E-state index < -0.39 is 0 Å². The molecule has 0 saturated heterocycles. The number of ether oxygens (including phenoxy) is 1. The van der Waals surface area contributed by atoms with Crippen LogP contribution in [-0.2, 0) is 18.6 Å². The molecule has 3 heteroatoms. The lowest BCUT2D eigenvalue weighted by Gasteiger charge is -2.22. The van der Waals surface area contributed by atoms with Crippen LogP contribution in [0.15, 0.2) is 41.0 Å². The van der Waals surface area contributed by atoms with Gasteiger partial charge in [0.2, 0.25) is 0 Å². The number of nitrogens with one attached hydrogen (secondary N) is 1. The van der Waals surface area contributed by atoms with Gasteiger partial charge in [0, 0.05) is 5.56 Å². The van der Waals surface area contributed by atoms with Gasteiger partial charge in [-0.15, -0.1) is 0 Å². The topological polar surface area (TPSA) is 34.4 Å². The molecule has 1 N–H and O–H groups in total. The molecule has 1 aromatic heterocycles. The average molecular weight is 273 g/mol. The highest BCUT2D eigenvalue weighted by molar-refractivity contribution is 5.38. The normalized spacial score (nSPS) is 11.6. The van der Waals surface area contributed by atoms with Crippen LogP contribution in [0.3, 0.4) is 0 Å².